The minimum Gasteiger partial charge on any atom is -0.492 e. The van der Waals surface area contributed by atoms with Gasteiger partial charge >= 0.3 is 0 Å². The summed E-state index contributed by atoms with van der Waals surface area (Å²) in [5.41, 5.74) is 10.2. The molecule has 1 unspecified atom stereocenters. The molecule has 0 heterocycles. The Balaban J connectivity index is 2.42. The molecular weight excluding hydrogens is 258 g/mol. The fourth-order valence-electron chi connectivity index (χ4n) is 2.87. The Hall–Kier alpha value is -0.730. The third-order valence-corrected chi connectivity index (χ3v) is 4.22. The zero-order valence-corrected chi connectivity index (χ0v) is 12.7. The van der Waals surface area contributed by atoms with Crippen LogP contribution in [0.3, 0.4) is 0 Å². The number of nitrogens with two attached hydrogens (primary N) is 1. The summed E-state index contributed by atoms with van der Waals surface area (Å²) >= 11 is 6.41. The summed E-state index contributed by atoms with van der Waals surface area (Å²) in [6.45, 7) is 4.81. The lowest BCUT2D eigenvalue weighted by atomic mass is 9.85. The molecule has 2 nitrogen and oxygen atoms in total. The van der Waals surface area contributed by atoms with Crippen LogP contribution in [0.1, 0.15) is 49.8 Å². The first kappa shape index (κ1) is 14.7. The van der Waals surface area contributed by atoms with Crippen molar-refractivity contribution in [3.63, 3.8) is 0 Å². The highest BCUT2D eigenvalue weighted by Gasteiger charge is 2.21. The van der Waals surface area contributed by atoms with Crippen molar-refractivity contribution in [3.05, 3.63) is 27.8 Å². The number of hydrogen-bond acceptors (Lipinski definition) is 2. The van der Waals surface area contributed by atoms with Gasteiger partial charge in [0.15, 0.2) is 0 Å². The predicted octanol–water partition coefficient (Wildman–Crippen LogP) is 3.90. The second kappa shape index (κ2) is 6.62. The van der Waals surface area contributed by atoms with Gasteiger partial charge in [-0.2, -0.15) is 0 Å². The highest BCUT2D eigenvalue weighted by molar-refractivity contribution is 6.32. The van der Waals surface area contributed by atoms with Crippen molar-refractivity contribution in [2.75, 3.05) is 6.61 Å². The van der Waals surface area contributed by atoms with E-state index < -0.39 is 0 Å². The molecule has 1 atom stereocenters. The minimum absolute atomic E-state index is 0.222. The van der Waals surface area contributed by atoms with Gasteiger partial charge in [-0.1, -0.05) is 18.5 Å². The standard InChI is InChI=1S/C16H24ClNO/c1-3-12(18)9-11-10-15(17)16(19-4-2)14-8-6-5-7-13(11)14/h10,12H,3-9,18H2,1-2H3. The summed E-state index contributed by atoms with van der Waals surface area (Å²) in [4.78, 5) is 0. The van der Waals surface area contributed by atoms with E-state index in [9.17, 15) is 0 Å². The van der Waals surface area contributed by atoms with Crippen LogP contribution in [-0.4, -0.2) is 12.6 Å². The number of halogens is 1. The Morgan fingerprint density at radius 1 is 1.26 bits per heavy atom. The first-order valence-corrected chi connectivity index (χ1v) is 7.76. The highest BCUT2D eigenvalue weighted by Crippen LogP contribution is 2.38. The van der Waals surface area contributed by atoms with Crippen molar-refractivity contribution in [1.29, 1.82) is 0 Å². The first-order valence-electron chi connectivity index (χ1n) is 7.38. The lowest BCUT2D eigenvalue weighted by Crippen LogP contribution is -2.23. The number of benzene rings is 1. The van der Waals surface area contributed by atoms with E-state index in [1.807, 2.05) is 6.92 Å². The van der Waals surface area contributed by atoms with E-state index in [4.69, 9.17) is 22.1 Å². The van der Waals surface area contributed by atoms with Crippen LogP contribution in [-0.2, 0) is 19.3 Å². The Bertz CT molecular complexity index is 445. The van der Waals surface area contributed by atoms with Gasteiger partial charge in [-0.15, -0.1) is 0 Å². The molecule has 0 aliphatic heterocycles. The number of rotatable bonds is 5. The minimum atomic E-state index is 0.222. The van der Waals surface area contributed by atoms with Crippen LogP contribution in [0, 0.1) is 0 Å². The van der Waals surface area contributed by atoms with E-state index in [2.05, 4.69) is 13.0 Å². The molecule has 1 aliphatic rings. The lowest BCUT2D eigenvalue weighted by Gasteiger charge is -2.24. The molecule has 1 aromatic carbocycles. The van der Waals surface area contributed by atoms with E-state index in [0.29, 0.717) is 6.61 Å². The van der Waals surface area contributed by atoms with Gasteiger partial charge in [-0.3, -0.25) is 0 Å². The van der Waals surface area contributed by atoms with Gasteiger partial charge in [0.25, 0.3) is 0 Å². The van der Waals surface area contributed by atoms with E-state index in [1.54, 1.807) is 0 Å². The average Bonchev–Trinajstić information content (AvgIpc) is 2.43. The first-order chi connectivity index (χ1) is 9.17. The maximum Gasteiger partial charge on any atom is 0.141 e. The SMILES string of the molecule is CCOc1c(Cl)cc(CC(N)CC)c2c1CCCC2. The van der Waals surface area contributed by atoms with Crippen LogP contribution in [0.2, 0.25) is 5.02 Å². The van der Waals surface area contributed by atoms with Crippen molar-refractivity contribution in [2.24, 2.45) is 5.73 Å². The third kappa shape index (κ3) is 3.24. The summed E-state index contributed by atoms with van der Waals surface area (Å²) in [5, 5.41) is 0.751. The fraction of sp³-hybridized carbons (Fsp3) is 0.625. The lowest BCUT2D eigenvalue weighted by molar-refractivity contribution is 0.334. The van der Waals surface area contributed by atoms with Gasteiger partial charge in [0.1, 0.15) is 5.75 Å². The molecule has 3 heteroatoms. The molecule has 0 fully saturated rings. The largest absolute Gasteiger partial charge is 0.492 e. The van der Waals surface area contributed by atoms with Crippen molar-refractivity contribution in [2.45, 2.75) is 58.4 Å². The van der Waals surface area contributed by atoms with Crippen molar-refractivity contribution in [3.8, 4) is 5.75 Å². The van der Waals surface area contributed by atoms with E-state index in [0.717, 1.165) is 36.5 Å². The maximum atomic E-state index is 6.41. The van der Waals surface area contributed by atoms with E-state index in [1.165, 1.54) is 29.5 Å². The molecule has 0 bridgehead atoms. The smallest absolute Gasteiger partial charge is 0.141 e. The number of ether oxygens (including phenoxy) is 1. The van der Waals surface area contributed by atoms with E-state index in [-0.39, 0.29) is 6.04 Å². The molecule has 0 spiro atoms. The predicted molar refractivity (Wildman–Crippen MR) is 81.2 cm³/mol. The Kier molecular flexibility index (Phi) is 5.12. The molecule has 0 aromatic heterocycles. The zero-order chi connectivity index (χ0) is 13.8. The molecule has 2 N–H and O–H groups in total. The summed E-state index contributed by atoms with van der Waals surface area (Å²) in [6, 6.07) is 2.30. The third-order valence-electron chi connectivity index (χ3n) is 3.94. The maximum absolute atomic E-state index is 6.41. The molecule has 1 aromatic rings. The zero-order valence-electron chi connectivity index (χ0n) is 12.0. The van der Waals surface area contributed by atoms with Crippen molar-refractivity contribution in [1.82, 2.24) is 0 Å². The van der Waals surface area contributed by atoms with Crippen LogP contribution in [0.15, 0.2) is 6.07 Å². The monoisotopic (exact) mass is 281 g/mol. The van der Waals surface area contributed by atoms with Crippen LogP contribution in [0.4, 0.5) is 0 Å². The van der Waals surface area contributed by atoms with Crippen molar-refractivity contribution >= 4 is 11.6 Å². The van der Waals surface area contributed by atoms with E-state index >= 15 is 0 Å². The van der Waals surface area contributed by atoms with Gasteiger partial charge in [-0.25, -0.2) is 0 Å². The second-order valence-electron chi connectivity index (χ2n) is 5.32. The number of fused-ring (bicyclic) bond motifs is 1. The van der Waals surface area contributed by atoms with Gasteiger partial charge in [0, 0.05) is 6.04 Å². The molecule has 106 valence electrons. The van der Waals surface area contributed by atoms with Gasteiger partial charge in [0.2, 0.25) is 0 Å². The summed E-state index contributed by atoms with van der Waals surface area (Å²) in [7, 11) is 0. The molecular formula is C16H24ClNO. The normalized spacial score (nSPS) is 16.0. The highest BCUT2D eigenvalue weighted by atomic mass is 35.5. The Labute approximate surface area is 121 Å². The molecule has 2 rings (SSSR count). The fourth-order valence-corrected chi connectivity index (χ4v) is 3.17. The van der Waals surface area contributed by atoms with Gasteiger partial charge in [0.05, 0.1) is 11.6 Å². The molecule has 1 aliphatic carbocycles. The topological polar surface area (TPSA) is 35.2 Å². The second-order valence-corrected chi connectivity index (χ2v) is 5.72. The quantitative estimate of drug-likeness (QED) is 0.888. The Morgan fingerprint density at radius 2 is 1.95 bits per heavy atom. The van der Waals surface area contributed by atoms with Crippen LogP contribution < -0.4 is 10.5 Å². The van der Waals surface area contributed by atoms with Crippen LogP contribution in [0.25, 0.3) is 0 Å². The Morgan fingerprint density at radius 3 is 2.58 bits per heavy atom. The van der Waals surface area contributed by atoms with Crippen molar-refractivity contribution < 1.29 is 4.74 Å². The molecule has 0 saturated carbocycles. The van der Waals surface area contributed by atoms with Gasteiger partial charge in [-0.05, 0) is 68.2 Å². The van der Waals surface area contributed by atoms with Crippen LogP contribution in [0.5, 0.6) is 5.75 Å². The molecule has 0 radical (unpaired) electrons. The number of hydrogen-bond donors (Lipinski definition) is 1. The molecule has 19 heavy (non-hydrogen) atoms. The van der Waals surface area contributed by atoms with Gasteiger partial charge < -0.3 is 10.5 Å². The summed E-state index contributed by atoms with van der Waals surface area (Å²) in [6.07, 6.45) is 6.63. The average molecular weight is 282 g/mol. The molecule has 0 amide bonds. The summed E-state index contributed by atoms with van der Waals surface area (Å²) < 4.78 is 5.76. The summed E-state index contributed by atoms with van der Waals surface area (Å²) in [5.74, 6) is 0.910. The molecule has 0 saturated heterocycles. The van der Waals surface area contributed by atoms with Crippen LogP contribution >= 0.6 is 11.6 Å².